The Morgan fingerprint density at radius 3 is 2.67 bits per heavy atom. The van der Waals surface area contributed by atoms with Gasteiger partial charge in [0.1, 0.15) is 30.5 Å². The summed E-state index contributed by atoms with van der Waals surface area (Å²) in [5, 5.41) is 2.87. The number of imidazole rings is 1. The van der Waals surface area contributed by atoms with Gasteiger partial charge < -0.3 is 19.2 Å². The van der Waals surface area contributed by atoms with E-state index in [2.05, 4.69) is 20.3 Å². The van der Waals surface area contributed by atoms with Crippen LogP contribution in [0.2, 0.25) is 0 Å². The third-order valence-electron chi connectivity index (χ3n) is 8.03. The Balaban J connectivity index is 1.09. The van der Waals surface area contributed by atoms with E-state index in [1.165, 1.54) is 19.1 Å². The Morgan fingerprint density at radius 2 is 1.95 bits per heavy atom. The van der Waals surface area contributed by atoms with Crippen LogP contribution in [0.5, 0.6) is 11.6 Å². The maximum atomic E-state index is 13.0. The molecule has 0 spiro atoms. The predicted octanol–water partition coefficient (Wildman–Crippen LogP) is 3.43. The molecule has 2 aliphatic carbocycles. The number of amides is 4. The molecule has 13 heteroatoms. The second-order valence-corrected chi connectivity index (χ2v) is 11.2. The van der Waals surface area contributed by atoms with E-state index in [0.29, 0.717) is 46.8 Å². The van der Waals surface area contributed by atoms with E-state index in [4.69, 9.17) is 14.5 Å². The summed E-state index contributed by atoms with van der Waals surface area (Å²) in [5.74, 6) is 1.47. The zero-order valence-electron chi connectivity index (χ0n) is 24.0. The molecular weight excluding hydrogens is 552 g/mol. The van der Waals surface area contributed by atoms with E-state index >= 15 is 0 Å². The van der Waals surface area contributed by atoms with Gasteiger partial charge in [-0.1, -0.05) is 0 Å². The van der Waals surface area contributed by atoms with Crippen molar-refractivity contribution in [2.45, 2.75) is 44.6 Å². The molecule has 0 aromatic carbocycles. The summed E-state index contributed by atoms with van der Waals surface area (Å²) in [6, 6.07) is 6.68. The van der Waals surface area contributed by atoms with Crippen LogP contribution in [0.15, 0.2) is 42.9 Å². The average Bonchev–Trinajstić information content (AvgIpc) is 3.93. The first kappa shape index (κ1) is 26.8. The van der Waals surface area contributed by atoms with Crippen molar-refractivity contribution < 1.29 is 23.9 Å². The van der Waals surface area contributed by atoms with Gasteiger partial charge in [0.25, 0.3) is 0 Å². The van der Waals surface area contributed by atoms with Crippen LogP contribution in [0.25, 0.3) is 5.65 Å². The van der Waals surface area contributed by atoms with Crippen LogP contribution < -0.4 is 19.7 Å². The monoisotopic (exact) mass is 582 g/mol. The molecule has 5 heterocycles. The number of methoxy groups -OCH3 is 1. The smallest absolute Gasteiger partial charge is 0.331 e. The van der Waals surface area contributed by atoms with Gasteiger partial charge in [-0.3, -0.25) is 19.4 Å². The molecule has 2 saturated carbocycles. The van der Waals surface area contributed by atoms with Crippen molar-refractivity contribution in [3.63, 3.8) is 0 Å². The number of hydrogen-bond donors (Lipinski definition) is 1. The molecule has 1 aliphatic heterocycles. The van der Waals surface area contributed by atoms with Gasteiger partial charge in [-0.25, -0.2) is 19.7 Å². The number of urea groups is 1. The standard InChI is InChI=1S/C30H30N8O5/c1-16-6-7-31-27(32-16)21-11-22(21)29(40)35-24-9-20(42-3)10-25(34-24)43-15-19-13-37-12-18(17-4-5-17)8-23(28(37)33-19)38-14-26(39)36(2)30(38)41/h6-10,12-13,17,21-22H,4-5,11,14-15H2,1-3H3,(H,34,35,40). The first-order valence-corrected chi connectivity index (χ1v) is 14.2. The number of anilines is 2. The van der Waals surface area contributed by atoms with Crippen molar-refractivity contribution in [2.75, 3.05) is 30.9 Å². The molecule has 1 saturated heterocycles. The number of fused-ring (bicyclic) bond motifs is 1. The number of carbonyl (C=O) groups is 3. The topological polar surface area (TPSA) is 144 Å². The Kier molecular flexibility index (Phi) is 6.44. The van der Waals surface area contributed by atoms with Crippen LogP contribution in [0.4, 0.5) is 16.3 Å². The summed E-state index contributed by atoms with van der Waals surface area (Å²) in [7, 11) is 3.01. The second kappa shape index (κ2) is 10.3. The number of likely N-dealkylation sites (N-methyl/N-ethyl adjacent to an activating group) is 1. The fraction of sp³-hybridized carbons (Fsp3) is 0.367. The lowest BCUT2D eigenvalue weighted by Gasteiger charge is -2.17. The summed E-state index contributed by atoms with van der Waals surface area (Å²) in [5.41, 5.74) is 3.73. The Labute approximate surface area is 246 Å². The van der Waals surface area contributed by atoms with Crippen LogP contribution in [-0.4, -0.2) is 67.8 Å². The van der Waals surface area contributed by atoms with Crippen molar-refractivity contribution in [3.8, 4) is 11.6 Å². The molecule has 1 N–H and O–H groups in total. The maximum Gasteiger partial charge on any atom is 0.331 e. The molecule has 4 amide bonds. The number of carbonyl (C=O) groups excluding carboxylic acids is 3. The molecule has 2 atom stereocenters. The van der Waals surface area contributed by atoms with Gasteiger partial charge in [-0.15, -0.1) is 0 Å². The third kappa shape index (κ3) is 5.22. The molecule has 2 unspecified atom stereocenters. The molecular formula is C30H30N8O5. The van der Waals surface area contributed by atoms with Crippen LogP contribution in [0, 0.1) is 12.8 Å². The molecule has 0 bridgehead atoms. The highest BCUT2D eigenvalue weighted by molar-refractivity contribution is 6.13. The Hall–Kier alpha value is -5.07. The normalized spacial score (nSPS) is 19.7. The number of pyridine rings is 2. The third-order valence-corrected chi connectivity index (χ3v) is 8.03. The number of nitrogens with zero attached hydrogens (tertiary/aromatic N) is 7. The maximum absolute atomic E-state index is 13.0. The van der Waals surface area contributed by atoms with Crippen LogP contribution in [-0.2, 0) is 16.2 Å². The molecule has 13 nitrogen and oxygen atoms in total. The molecule has 220 valence electrons. The second-order valence-electron chi connectivity index (χ2n) is 11.2. The molecule has 4 aromatic rings. The minimum absolute atomic E-state index is 0.0176. The minimum Gasteiger partial charge on any atom is -0.496 e. The van der Waals surface area contributed by atoms with E-state index in [9.17, 15) is 14.4 Å². The van der Waals surface area contributed by atoms with Gasteiger partial charge in [0, 0.05) is 55.3 Å². The molecule has 0 radical (unpaired) electrons. The van der Waals surface area contributed by atoms with Gasteiger partial charge in [0.05, 0.1) is 18.5 Å². The van der Waals surface area contributed by atoms with Crippen LogP contribution in [0.1, 0.15) is 53.9 Å². The lowest BCUT2D eigenvalue weighted by atomic mass is 10.1. The zero-order valence-corrected chi connectivity index (χ0v) is 24.0. The zero-order chi connectivity index (χ0) is 29.8. The lowest BCUT2D eigenvalue weighted by molar-refractivity contribution is -0.124. The van der Waals surface area contributed by atoms with Crippen LogP contribution >= 0.6 is 0 Å². The summed E-state index contributed by atoms with van der Waals surface area (Å²) in [4.78, 5) is 58.6. The fourth-order valence-electron chi connectivity index (χ4n) is 5.37. The number of rotatable bonds is 9. The van der Waals surface area contributed by atoms with Gasteiger partial charge in [0.15, 0.2) is 5.65 Å². The van der Waals surface area contributed by atoms with Crippen molar-refractivity contribution >= 4 is 35.0 Å². The van der Waals surface area contributed by atoms with Gasteiger partial charge in [0.2, 0.25) is 17.7 Å². The van der Waals surface area contributed by atoms with Crippen molar-refractivity contribution in [2.24, 2.45) is 5.92 Å². The molecule has 43 heavy (non-hydrogen) atoms. The number of imide groups is 1. The van der Waals surface area contributed by atoms with Crippen molar-refractivity contribution in [3.05, 3.63) is 65.6 Å². The highest BCUT2D eigenvalue weighted by atomic mass is 16.5. The summed E-state index contributed by atoms with van der Waals surface area (Å²) >= 11 is 0. The molecule has 4 aromatic heterocycles. The van der Waals surface area contributed by atoms with Crippen molar-refractivity contribution in [1.29, 1.82) is 0 Å². The largest absolute Gasteiger partial charge is 0.496 e. The van der Waals surface area contributed by atoms with E-state index in [-0.39, 0.29) is 48.7 Å². The van der Waals surface area contributed by atoms with Crippen LogP contribution in [0.3, 0.4) is 0 Å². The summed E-state index contributed by atoms with van der Waals surface area (Å²) in [6.07, 6.45) is 8.42. The summed E-state index contributed by atoms with van der Waals surface area (Å²) < 4.78 is 13.3. The molecule has 3 fully saturated rings. The fourth-order valence-corrected chi connectivity index (χ4v) is 5.37. The van der Waals surface area contributed by atoms with Gasteiger partial charge >= 0.3 is 6.03 Å². The SMILES string of the molecule is COc1cc(NC(=O)C2CC2c2nccc(C)n2)nc(OCc2cn3cc(C4CC4)cc(N4CC(=O)N(C)C4=O)c3n2)c1. The van der Waals surface area contributed by atoms with Gasteiger partial charge in [-0.05, 0) is 49.8 Å². The first-order valence-electron chi connectivity index (χ1n) is 14.2. The first-order chi connectivity index (χ1) is 20.8. The number of nitrogens with one attached hydrogen (secondary N) is 1. The van der Waals surface area contributed by atoms with Crippen molar-refractivity contribution in [1.82, 2.24) is 29.2 Å². The van der Waals surface area contributed by atoms with E-state index in [1.807, 2.05) is 35.9 Å². The number of aryl methyl sites for hydroxylation is 1. The highest BCUT2D eigenvalue weighted by Gasteiger charge is 2.46. The highest BCUT2D eigenvalue weighted by Crippen LogP contribution is 2.46. The average molecular weight is 583 g/mol. The Bertz CT molecular complexity index is 1780. The molecule has 3 aliphatic rings. The van der Waals surface area contributed by atoms with E-state index in [0.717, 1.165) is 29.0 Å². The van der Waals surface area contributed by atoms with E-state index < -0.39 is 0 Å². The minimum atomic E-state index is -0.375. The lowest BCUT2D eigenvalue weighted by Crippen LogP contribution is -2.30. The quantitative estimate of drug-likeness (QED) is 0.294. The van der Waals surface area contributed by atoms with E-state index in [1.54, 1.807) is 18.3 Å². The number of aromatic nitrogens is 5. The predicted molar refractivity (Wildman–Crippen MR) is 154 cm³/mol. The summed E-state index contributed by atoms with van der Waals surface area (Å²) in [6.45, 7) is 1.95. The number of hydrogen-bond acceptors (Lipinski definition) is 9. The molecule has 7 rings (SSSR count). The number of ether oxygens (including phenoxy) is 2. The van der Waals surface area contributed by atoms with Gasteiger partial charge in [-0.2, -0.15) is 4.98 Å². The Morgan fingerprint density at radius 1 is 1.12 bits per heavy atom.